The molecule has 0 aliphatic heterocycles. The average Bonchev–Trinajstić information content (AvgIpc) is 2.81. The molecule has 2 amide bonds. The van der Waals surface area contributed by atoms with E-state index < -0.39 is 0 Å². The zero-order valence-electron chi connectivity index (χ0n) is 13.6. The van der Waals surface area contributed by atoms with Crippen molar-refractivity contribution >= 4 is 50.9 Å². The Morgan fingerprint density at radius 3 is 2.62 bits per heavy atom. The summed E-state index contributed by atoms with van der Waals surface area (Å²) in [5, 5.41) is 9.42. The van der Waals surface area contributed by atoms with Gasteiger partial charge in [-0.1, -0.05) is 21.1 Å². The molecule has 0 saturated carbocycles. The molecular formula is C16H18BrN3O3S. The molecule has 0 spiro atoms. The van der Waals surface area contributed by atoms with Gasteiger partial charge in [-0.2, -0.15) is 0 Å². The zero-order valence-corrected chi connectivity index (χ0v) is 16.0. The number of nitrogens with zero attached hydrogens (tertiary/aromatic N) is 1. The lowest BCUT2D eigenvalue weighted by Gasteiger charge is -2.12. The number of aromatic nitrogens is 1. The number of rotatable bonds is 6. The SMILES string of the molecule is CC(=O)Nc1ccc(Br)cc1NC(=O)CSCc1c(C)noc1C. The maximum atomic E-state index is 12.2. The van der Waals surface area contributed by atoms with E-state index in [4.69, 9.17) is 4.52 Å². The van der Waals surface area contributed by atoms with Crippen molar-refractivity contribution in [1.29, 1.82) is 0 Å². The number of hydrogen-bond acceptors (Lipinski definition) is 5. The van der Waals surface area contributed by atoms with Crippen LogP contribution in [0.4, 0.5) is 11.4 Å². The predicted octanol–water partition coefficient (Wildman–Crippen LogP) is 3.88. The van der Waals surface area contributed by atoms with Crippen LogP contribution in [0.15, 0.2) is 27.2 Å². The van der Waals surface area contributed by atoms with Gasteiger partial charge in [0, 0.05) is 22.7 Å². The summed E-state index contributed by atoms with van der Waals surface area (Å²) in [6.45, 7) is 5.16. The molecular weight excluding hydrogens is 394 g/mol. The van der Waals surface area contributed by atoms with Gasteiger partial charge < -0.3 is 15.2 Å². The quantitative estimate of drug-likeness (QED) is 0.752. The minimum absolute atomic E-state index is 0.142. The smallest absolute Gasteiger partial charge is 0.234 e. The van der Waals surface area contributed by atoms with E-state index in [0.717, 1.165) is 21.5 Å². The number of hydrogen-bond donors (Lipinski definition) is 2. The number of anilines is 2. The average molecular weight is 412 g/mol. The molecule has 1 aromatic heterocycles. The maximum absolute atomic E-state index is 12.2. The summed E-state index contributed by atoms with van der Waals surface area (Å²) < 4.78 is 5.92. The molecule has 0 fully saturated rings. The molecule has 2 rings (SSSR count). The number of halogens is 1. The second-order valence-electron chi connectivity index (χ2n) is 5.21. The Morgan fingerprint density at radius 2 is 2.00 bits per heavy atom. The molecule has 0 unspecified atom stereocenters. The lowest BCUT2D eigenvalue weighted by molar-refractivity contribution is -0.115. The fourth-order valence-electron chi connectivity index (χ4n) is 2.06. The highest BCUT2D eigenvalue weighted by atomic mass is 79.9. The van der Waals surface area contributed by atoms with Gasteiger partial charge in [0.25, 0.3) is 0 Å². The minimum atomic E-state index is -0.194. The van der Waals surface area contributed by atoms with Crippen LogP contribution in [0.2, 0.25) is 0 Å². The summed E-state index contributed by atoms with van der Waals surface area (Å²) in [7, 11) is 0. The number of nitrogens with one attached hydrogen (secondary N) is 2. The van der Waals surface area contributed by atoms with Gasteiger partial charge in [-0.15, -0.1) is 11.8 Å². The van der Waals surface area contributed by atoms with Crippen molar-refractivity contribution in [1.82, 2.24) is 5.16 Å². The van der Waals surface area contributed by atoms with Gasteiger partial charge in [0.2, 0.25) is 11.8 Å². The first-order valence-corrected chi connectivity index (χ1v) is 9.18. The summed E-state index contributed by atoms with van der Waals surface area (Å²) in [5.41, 5.74) is 2.99. The van der Waals surface area contributed by atoms with Crippen molar-refractivity contribution in [3.63, 3.8) is 0 Å². The number of aryl methyl sites for hydroxylation is 2. The number of thioether (sulfide) groups is 1. The summed E-state index contributed by atoms with van der Waals surface area (Å²) in [5.74, 6) is 1.39. The molecule has 0 bridgehead atoms. The van der Waals surface area contributed by atoms with Gasteiger partial charge in [-0.3, -0.25) is 9.59 Å². The van der Waals surface area contributed by atoms with Crippen LogP contribution >= 0.6 is 27.7 Å². The largest absolute Gasteiger partial charge is 0.361 e. The van der Waals surface area contributed by atoms with Gasteiger partial charge in [0.05, 0.1) is 22.8 Å². The highest BCUT2D eigenvalue weighted by molar-refractivity contribution is 9.10. The van der Waals surface area contributed by atoms with Gasteiger partial charge in [-0.05, 0) is 32.0 Å². The monoisotopic (exact) mass is 411 g/mol. The first-order chi connectivity index (χ1) is 11.4. The van der Waals surface area contributed by atoms with E-state index in [1.807, 2.05) is 13.8 Å². The second kappa shape index (κ2) is 8.34. The van der Waals surface area contributed by atoms with E-state index in [2.05, 4.69) is 31.7 Å². The Bertz CT molecular complexity index is 742. The first kappa shape index (κ1) is 18.5. The molecule has 8 heteroatoms. The molecule has 0 aliphatic carbocycles. The number of carbonyl (C=O) groups excluding carboxylic acids is 2. The van der Waals surface area contributed by atoms with Crippen molar-refractivity contribution in [3.05, 3.63) is 39.7 Å². The highest BCUT2D eigenvalue weighted by Crippen LogP contribution is 2.26. The molecule has 6 nitrogen and oxygen atoms in total. The van der Waals surface area contributed by atoms with Crippen LogP contribution in [0.25, 0.3) is 0 Å². The van der Waals surface area contributed by atoms with E-state index in [0.29, 0.717) is 17.1 Å². The molecule has 24 heavy (non-hydrogen) atoms. The van der Waals surface area contributed by atoms with Crippen LogP contribution < -0.4 is 10.6 Å². The van der Waals surface area contributed by atoms with Gasteiger partial charge in [0.15, 0.2) is 0 Å². The zero-order chi connectivity index (χ0) is 17.7. The molecule has 2 aromatic rings. The van der Waals surface area contributed by atoms with Crippen LogP contribution in [0.5, 0.6) is 0 Å². The third kappa shape index (κ3) is 5.10. The van der Waals surface area contributed by atoms with Crippen molar-refractivity contribution in [2.75, 3.05) is 16.4 Å². The fourth-order valence-corrected chi connectivity index (χ4v) is 3.40. The highest BCUT2D eigenvalue weighted by Gasteiger charge is 2.12. The van der Waals surface area contributed by atoms with Crippen molar-refractivity contribution in [2.24, 2.45) is 0 Å². The molecule has 0 aliphatic rings. The number of amides is 2. The Labute approximate surface area is 152 Å². The molecule has 128 valence electrons. The Morgan fingerprint density at radius 1 is 1.25 bits per heavy atom. The third-order valence-electron chi connectivity index (χ3n) is 3.23. The standard InChI is InChI=1S/C16H18BrN3O3S/c1-9-13(10(2)23-20-9)7-24-8-16(22)19-15-6-12(17)4-5-14(15)18-11(3)21/h4-6H,7-8H2,1-3H3,(H,18,21)(H,19,22). The van der Waals surface area contributed by atoms with Gasteiger partial charge in [0.1, 0.15) is 5.76 Å². The number of carbonyl (C=O) groups is 2. The van der Waals surface area contributed by atoms with Crippen molar-refractivity contribution < 1.29 is 14.1 Å². The van der Waals surface area contributed by atoms with Gasteiger partial charge in [-0.25, -0.2) is 0 Å². The molecule has 0 radical (unpaired) electrons. The van der Waals surface area contributed by atoms with E-state index in [9.17, 15) is 9.59 Å². The van der Waals surface area contributed by atoms with E-state index >= 15 is 0 Å². The van der Waals surface area contributed by atoms with E-state index in [-0.39, 0.29) is 17.6 Å². The molecule has 2 N–H and O–H groups in total. The van der Waals surface area contributed by atoms with Crippen molar-refractivity contribution in [3.8, 4) is 0 Å². The van der Waals surface area contributed by atoms with Crippen LogP contribution in [0.1, 0.15) is 23.9 Å². The van der Waals surface area contributed by atoms with Crippen LogP contribution in [-0.2, 0) is 15.3 Å². The predicted molar refractivity (Wildman–Crippen MR) is 99.2 cm³/mol. The van der Waals surface area contributed by atoms with E-state index in [1.165, 1.54) is 18.7 Å². The third-order valence-corrected chi connectivity index (χ3v) is 4.68. The normalized spacial score (nSPS) is 10.5. The summed E-state index contributed by atoms with van der Waals surface area (Å²) in [6.07, 6.45) is 0. The van der Waals surface area contributed by atoms with Crippen LogP contribution in [0, 0.1) is 13.8 Å². The molecule has 0 saturated heterocycles. The van der Waals surface area contributed by atoms with Crippen LogP contribution in [-0.4, -0.2) is 22.7 Å². The topological polar surface area (TPSA) is 84.2 Å². The Hall–Kier alpha value is -1.80. The van der Waals surface area contributed by atoms with E-state index in [1.54, 1.807) is 18.2 Å². The first-order valence-electron chi connectivity index (χ1n) is 7.23. The lowest BCUT2D eigenvalue weighted by atomic mass is 10.2. The summed E-state index contributed by atoms with van der Waals surface area (Å²) in [6, 6.07) is 5.29. The molecule has 1 aromatic carbocycles. The minimum Gasteiger partial charge on any atom is -0.361 e. The van der Waals surface area contributed by atoms with Crippen molar-refractivity contribution in [2.45, 2.75) is 26.5 Å². The molecule has 0 atom stereocenters. The summed E-state index contributed by atoms with van der Waals surface area (Å²) >= 11 is 4.84. The lowest BCUT2D eigenvalue weighted by Crippen LogP contribution is -2.17. The van der Waals surface area contributed by atoms with Crippen LogP contribution in [0.3, 0.4) is 0 Å². The second-order valence-corrected chi connectivity index (χ2v) is 7.12. The Kier molecular flexibility index (Phi) is 6.44. The maximum Gasteiger partial charge on any atom is 0.234 e. The Balaban J connectivity index is 1.95. The van der Waals surface area contributed by atoms with Gasteiger partial charge >= 0.3 is 0 Å². The fraction of sp³-hybridized carbons (Fsp3) is 0.312. The summed E-state index contributed by atoms with van der Waals surface area (Å²) in [4.78, 5) is 23.4. The molecule has 1 heterocycles. The number of benzene rings is 1.